The number of imidazole rings is 1. The molecular formula is C29H50N6O2. The summed E-state index contributed by atoms with van der Waals surface area (Å²) < 4.78 is 7.05. The van der Waals surface area contributed by atoms with Crippen LogP contribution in [0.3, 0.4) is 0 Å². The number of fused-ring (bicyclic) bond motifs is 1. The standard InChI is InChI=1S/C29H50N6O2/c1-4-6-22-34(23-7-5-2)26-17-16-25-28(32-26)35(24-14-21-33-19-12-9-13-20-33)29(31-25)30-18-11-8-10-15-27(36)37-3/h16-17H,4-15,18-24H2,1-3H3,(H,30,31). The predicted molar refractivity (Wildman–Crippen MR) is 153 cm³/mol. The summed E-state index contributed by atoms with van der Waals surface area (Å²) in [5.74, 6) is 1.86. The molecule has 1 fully saturated rings. The minimum absolute atomic E-state index is 0.128. The van der Waals surface area contributed by atoms with Crippen LogP contribution >= 0.6 is 0 Å². The van der Waals surface area contributed by atoms with Crippen LogP contribution in [0, 0.1) is 0 Å². The van der Waals surface area contributed by atoms with Gasteiger partial charge in [0, 0.05) is 32.6 Å². The fraction of sp³-hybridized carbons (Fsp3) is 0.759. The zero-order valence-corrected chi connectivity index (χ0v) is 23.6. The molecule has 0 saturated carbocycles. The highest BCUT2D eigenvalue weighted by atomic mass is 16.5. The molecule has 1 N–H and O–H groups in total. The number of piperidine rings is 1. The lowest BCUT2D eigenvalue weighted by atomic mass is 10.1. The van der Waals surface area contributed by atoms with Gasteiger partial charge >= 0.3 is 5.97 Å². The van der Waals surface area contributed by atoms with Crippen LogP contribution in [0.2, 0.25) is 0 Å². The second-order valence-electron chi connectivity index (χ2n) is 10.4. The van der Waals surface area contributed by atoms with E-state index < -0.39 is 0 Å². The highest BCUT2D eigenvalue weighted by molar-refractivity contribution is 5.77. The molecule has 0 aliphatic carbocycles. The predicted octanol–water partition coefficient (Wildman–Crippen LogP) is 5.86. The van der Waals surface area contributed by atoms with E-state index in [9.17, 15) is 4.79 Å². The number of nitrogens with zero attached hydrogens (tertiary/aromatic N) is 5. The Morgan fingerprint density at radius 1 is 0.946 bits per heavy atom. The number of carbonyl (C=O) groups excluding carboxylic acids is 1. The highest BCUT2D eigenvalue weighted by Gasteiger charge is 2.16. The first-order chi connectivity index (χ1) is 18.2. The van der Waals surface area contributed by atoms with Gasteiger partial charge in [0.25, 0.3) is 0 Å². The molecule has 208 valence electrons. The average Bonchev–Trinajstić information content (AvgIpc) is 3.27. The van der Waals surface area contributed by atoms with Crippen LogP contribution in [0.5, 0.6) is 0 Å². The van der Waals surface area contributed by atoms with Gasteiger partial charge in [-0.25, -0.2) is 9.97 Å². The number of anilines is 2. The molecule has 1 saturated heterocycles. The van der Waals surface area contributed by atoms with E-state index in [2.05, 4.69) is 45.7 Å². The molecule has 1 aliphatic rings. The second-order valence-corrected chi connectivity index (χ2v) is 10.4. The molecular weight excluding hydrogens is 464 g/mol. The lowest BCUT2D eigenvalue weighted by Gasteiger charge is -2.26. The van der Waals surface area contributed by atoms with Crippen LogP contribution in [0.15, 0.2) is 12.1 Å². The number of carbonyl (C=O) groups is 1. The number of rotatable bonds is 18. The van der Waals surface area contributed by atoms with Crippen molar-refractivity contribution in [1.82, 2.24) is 19.4 Å². The number of ether oxygens (including phenoxy) is 1. The van der Waals surface area contributed by atoms with Crippen LogP contribution in [0.4, 0.5) is 11.8 Å². The van der Waals surface area contributed by atoms with Gasteiger partial charge in [0.2, 0.25) is 5.95 Å². The first-order valence-corrected chi connectivity index (χ1v) is 14.8. The third kappa shape index (κ3) is 9.47. The maximum absolute atomic E-state index is 11.4. The van der Waals surface area contributed by atoms with Crippen molar-refractivity contribution in [2.75, 3.05) is 56.6 Å². The molecule has 0 unspecified atom stereocenters. The second kappa shape index (κ2) is 16.5. The third-order valence-corrected chi connectivity index (χ3v) is 7.34. The Morgan fingerprint density at radius 3 is 2.41 bits per heavy atom. The number of hydrogen-bond acceptors (Lipinski definition) is 7. The van der Waals surface area contributed by atoms with Crippen molar-refractivity contribution in [3.05, 3.63) is 12.1 Å². The van der Waals surface area contributed by atoms with Crippen LogP contribution in [-0.2, 0) is 16.1 Å². The molecule has 0 atom stereocenters. The molecule has 37 heavy (non-hydrogen) atoms. The highest BCUT2D eigenvalue weighted by Crippen LogP contribution is 2.23. The number of methoxy groups -OCH3 is 1. The first kappa shape index (κ1) is 29.2. The number of nitrogens with one attached hydrogen (secondary N) is 1. The number of aryl methyl sites for hydroxylation is 1. The van der Waals surface area contributed by atoms with Gasteiger partial charge in [0.15, 0.2) is 5.65 Å². The Bertz CT molecular complexity index is 917. The number of aromatic nitrogens is 3. The number of esters is 1. The molecule has 3 rings (SSSR count). The van der Waals surface area contributed by atoms with E-state index in [0.717, 1.165) is 81.3 Å². The van der Waals surface area contributed by atoms with Crippen LogP contribution in [-0.4, -0.2) is 71.8 Å². The van der Waals surface area contributed by atoms with Crippen LogP contribution in [0.1, 0.15) is 90.9 Å². The summed E-state index contributed by atoms with van der Waals surface area (Å²) in [6, 6.07) is 4.29. The fourth-order valence-corrected chi connectivity index (χ4v) is 5.06. The van der Waals surface area contributed by atoms with E-state index in [4.69, 9.17) is 14.7 Å². The molecule has 0 spiro atoms. The topological polar surface area (TPSA) is 75.5 Å². The lowest BCUT2D eigenvalue weighted by Crippen LogP contribution is -2.31. The Morgan fingerprint density at radius 2 is 1.70 bits per heavy atom. The molecule has 3 heterocycles. The van der Waals surface area contributed by atoms with E-state index >= 15 is 0 Å². The number of hydrogen-bond donors (Lipinski definition) is 1. The average molecular weight is 515 g/mol. The van der Waals surface area contributed by atoms with Crippen molar-refractivity contribution >= 4 is 28.9 Å². The quantitative estimate of drug-likeness (QED) is 0.197. The summed E-state index contributed by atoms with van der Waals surface area (Å²) in [5.41, 5.74) is 1.95. The molecule has 0 amide bonds. The number of likely N-dealkylation sites (tertiary alicyclic amines) is 1. The monoisotopic (exact) mass is 514 g/mol. The van der Waals surface area contributed by atoms with Gasteiger partial charge in [-0.3, -0.25) is 9.36 Å². The van der Waals surface area contributed by atoms with Crippen molar-refractivity contribution in [3.8, 4) is 0 Å². The molecule has 2 aromatic heterocycles. The Kier molecular flexibility index (Phi) is 13.0. The van der Waals surface area contributed by atoms with E-state index in [-0.39, 0.29) is 5.97 Å². The van der Waals surface area contributed by atoms with Gasteiger partial charge in [-0.1, -0.05) is 39.5 Å². The number of unbranched alkanes of at least 4 members (excludes halogenated alkanes) is 4. The van der Waals surface area contributed by atoms with Crippen molar-refractivity contribution in [3.63, 3.8) is 0 Å². The largest absolute Gasteiger partial charge is 0.469 e. The smallest absolute Gasteiger partial charge is 0.305 e. The SMILES string of the molecule is CCCCN(CCCC)c1ccc2nc(NCCCCCC(=O)OC)n(CCCN3CCCCC3)c2n1. The Balaban J connectivity index is 1.72. The maximum atomic E-state index is 11.4. The van der Waals surface area contributed by atoms with Gasteiger partial charge in [0.05, 0.1) is 7.11 Å². The first-order valence-electron chi connectivity index (χ1n) is 14.8. The van der Waals surface area contributed by atoms with Gasteiger partial charge in [-0.15, -0.1) is 0 Å². The molecule has 1 aliphatic heterocycles. The zero-order valence-electron chi connectivity index (χ0n) is 23.6. The fourth-order valence-electron chi connectivity index (χ4n) is 5.06. The summed E-state index contributed by atoms with van der Waals surface area (Å²) in [7, 11) is 1.45. The van der Waals surface area contributed by atoms with E-state index in [1.54, 1.807) is 0 Å². The van der Waals surface area contributed by atoms with Gasteiger partial charge in [0.1, 0.15) is 11.3 Å². The van der Waals surface area contributed by atoms with E-state index in [0.29, 0.717) is 6.42 Å². The Hall–Kier alpha value is -2.35. The third-order valence-electron chi connectivity index (χ3n) is 7.34. The van der Waals surface area contributed by atoms with Crippen LogP contribution in [0.25, 0.3) is 11.2 Å². The summed E-state index contributed by atoms with van der Waals surface area (Å²) in [6.07, 6.45) is 13.2. The molecule has 2 aromatic rings. The molecule has 0 aromatic carbocycles. The molecule has 8 nitrogen and oxygen atoms in total. The minimum atomic E-state index is -0.128. The summed E-state index contributed by atoms with van der Waals surface area (Å²) in [6.45, 7) is 11.9. The van der Waals surface area contributed by atoms with E-state index in [1.165, 1.54) is 65.1 Å². The summed E-state index contributed by atoms with van der Waals surface area (Å²) in [4.78, 5) is 26.5. The minimum Gasteiger partial charge on any atom is -0.469 e. The number of pyridine rings is 1. The van der Waals surface area contributed by atoms with Crippen LogP contribution < -0.4 is 10.2 Å². The van der Waals surface area contributed by atoms with Gasteiger partial charge < -0.3 is 19.9 Å². The normalized spacial score (nSPS) is 14.2. The zero-order chi connectivity index (χ0) is 26.3. The van der Waals surface area contributed by atoms with Crippen molar-refractivity contribution in [2.24, 2.45) is 0 Å². The van der Waals surface area contributed by atoms with Crippen molar-refractivity contribution < 1.29 is 9.53 Å². The molecule has 8 heteroatoms. The summed E-state index contributed by atoms with van der Waals surface area (Å²) >= 11 is 0. The van der Waals surface area contributed by atoms with E-state index in [1.807, 2.05) is 0 Å². The van der Waals surface area contributed by atoms with Gasteiger partial charge in [-0.05, 0) is 76.7 Å². The lowest BCUT2D eigenvalue weighted by molar-refractivity contribution is -0.140. The van der Waals surface area contributed by atoms with Crippen molar-refractivity contribution in [2.45, 2.75) is 97.4 Å². The van der Waals surface area contributed by atoms with Crippen molar-refractivity contribution in [1.29, 1.82) is 0 Å². The molecule has 0 radical (unpaired) electrons. The van der Waals surface area contributed by atoms with Gasteiger partial charge in [-0.2, -0.15) is 0 Å². The molecule has 0 bridgehead atoms. The Labute approximate surface area is 224 Å². The summed E-state index contributed by atoms with van der Waals surface area (Å²) in [5, 5.41) is 3.58. The maximum Gasteiger partial charge on any atom is 0.305 e.